The van der Waals surface area contributed by atoms with Gasteiger partial charge in [0.05, 0.1) is 0 Å². The topological polar surface area (TPSA) is 49.4 Å². The Kier molecular flexibility index (Phi) is 5.82. The molecule has 1 unspecified atom stereocenters. The highest BCUT2D eigenvalue weighted by Crippen LogP contribution is 2.22. The Morgan fingerprint density at radius 1 is 1.29 bits per heavy atom. The lowest BCUT2D eigenvalue weighted by Gasteiger charge is -2.30. The van der Waals surface area contributed by atoms with E-state index in [1.54, 1.807) is 6.07 Å². The Bertz CT molecular complexity index is 546. The van der Waals surface area contributed by atoms with Gasteiger partial charge in [-0.1, -0.05) is 20.8 Å². The van der Waals surface area contributed by atoms with Crippen LogP contribution in [0.2, 0.25) is 0 Å². The molecular formula is C15H26N2O2S2. The normalized spacial score (nSPS) is 18.5. The number of rotatable bonds is 7. The molecule has 0 spiro atoms. The second-order valence-corrected chi connectivity index (χ2v) is 9.14. The lowest BCUT2D eigenvalue weighted by Crippen LogP contribution is -2.45. The number of likely N-dealkylation sites (tertiary alicyclic amines) is 1. The zero-order valence-electron chi connectivity index (χ0n) is 13.1. The zero-order chi connectivity index (χ0) is 15.5. The molecule has 0 bridgehead atoms. The number of nitrogens with zero attached hydrogens (tertiary/aromatic N) is 1. The first-order chi connectivity index (χ1) is 9.94. The molecule has 120 valence electrons. The van der Waals surface area contributed by atoms with Crippen LogP contribution in [0.5, 0.6) is 0 Å². The minimum absolute atomic E-state index is 0.285. The van der Waals surface area contributed by atoms with Crippen LogP contribution in [-0.4, -0.2) is 39.0 Å². The van der Waals surface area contributed by atoms with Crippen LogP contribution in [0.3, 0.4) is 0 Å². The van der Waals surface area contributed by atoms with E-state index in [9.17, 15) is 8.42 Å². The van der Waals surface area contributed by atoms with E-state index >= 15 is 0 Å². The first-order valence-corrected chi connectivity index (χ1v) is 10.1. The smallest absolute Gasteiger partial charge is 0.250 e. The highest BCUT2D eigenvalue weighted by molar-refractivity contribution is 7.91. The number of thiophene rings is 1. The largest absolute Gasteiger partial charge is 0.299 e. The van der Waals surface area contributed by atoms with Gasteiger partial charge in [-0.15, -0.1) is 11.3 Å². The Morgan fingerprint density at radius 2 is 1.95 bits per heavy atom. The molecular weight excluding hydrogens is 304 g/mol. The molecule has 0 radical (unpaired) electrons. The molecule has 2 rings (SSSR count). The van der Waals surface area contributed by atoms with Gasteiger partial charge in [-0.25, -0.2) is 13.1 Å². The number of hydrogen-bond donors (Lipinski definition) is 1. The summed E-state index contributed by atoms with van der Waals surface area (Å²) >= 11 is 1.37. The van der Waals surface area contributed by atoms with Crippen molar-refractivity contribution < 1.29 is 8.42 Å². The first-order valence-electron chi connectivity index (χ1n) is 7.76. The molecule has 1 aliphatic heterocycles. The van der Waals surface area contributed by atoms with Crippen LogP contribution in [0, 0.1) is 5.92 Å². The van der Waals surface area contributed by atoms with Crippen LogP contribution >= 0.6 is 11.3 Å². The highest BCUT2D eigenvalue weighted by Gasteiger charge is 2.26. The van der Waals surface area contributed by atoms with Gasteiger partial charge in [-0.05, 0) is 50.4 Å². The molecule has 0 aromatic carbocycles. The minimum Gasteiger partial charge on any atom is -0.299 e. The van der Waals surface area contributed by atoms with Gasteiger partial charge in [0.15, 0.2) is 0 Å². The van der Waals surface area contributed by atoms with Crippen molar-refractivity contribution in [2.45, 2.75) is 50.3 Å². The molecule has 6 heteroatoms. The van der Waals surface area contributed by atoms with Crippen molar-refractivity contribution in [3.63, 3.8) is 0 Å². The van der Waals surface area contributed by atoms with E-state index in [0.717, 1.165) is 24.4 Å². The fourth-order valence-electron chi connectivity index (χ4n) is 2.82. The molecule has 0 aliphatic carbocycles. The third-order valence-corrected chi connectivity index (χ3v) is 7.26. The van der Waals surface area contributed by atoms with Gasteiger partial charge >= 0.3 is 0 Å². The summed E-state index contributed by atoms with van der Waals surface area (Å²) in [6.45, 7) is 9.04. The third kappa shape index (κ3) is 4.28. The predicted octanol–water partition coefficient (Wildman–Crippen LogP) is 2.71. The Morgan fingerprint density at radius 3 is 2.48 bits per heavy atom. The molecule has 1 aromatic rings. The van der Waals surface area contributed by atoms with E-state index in [-0.39, 0.29) is 6.04 Å². The number of sulfonamides is 1. The van der Waals surface area contributed by atoms with Crippen molar-refractivity contribution in [2.24, 2.45) is 5.92 Å². The van der Waals surface area contributed by atoms with Crippen LogP contribution in [0.15, 0.2) is 16.3 Å². The van der Waals surface area contributed by atoms with E-state index in [4.69, 9.17) is 0 Å². The molecule has 1 saturated heterocycles. The maximum atomic E-state index is 12.4. The van der Waals surface area contributed by atoms with Gasteiger partial charge in [0.2, 0.25) is 10.0 Å². The summed E-state index contributed by atoms with van der Waals surface area (Å²) in [6.07, 6.45) is 3.32. The third-order valence-electron chi connectivity index (χ3n) is 4.11. The lowest BCUT2D eigenvalue weighted by atomic mass is 10.0. The van der Waals surface area contributed by atoms with Crippen molar-refractivity contribution in [1.82, 2.24) is 9.62 Å². The van der Waals surface area contributed by atoms with Crippen molar-refractivity contribution in [2.75, 3.05) is 19.6 Å². The second kappa shape index (κ2) is 7.22. The van der Waals surface area contributed by atoms with E-state index < -0.39 is 10.0 Å². The summed E-state index contributed by atoms with van der Waals surface area (Å²) in [5, 5.41) is 0. The highest BCUT2D eigenvalue weighted by atomic mass is 32.2. The van der Waals surface area contributed by atoms with E-state index in [0.29, 0.717) is 16.7 Å². The average molecular weight is 331 g/mol. The van der Waals surface area contributed by atoms with E-state index in [1.807, 2.05) is 13.0 Å². The zero-order valence-corrected chi connectivity index (χ0v) is 14.8. The molecule has 1 atom stereocenters. The fourth-order valence-corrected chi connectivity index (χ4v) is 5.21. The first kappa shape index (κ1) is 16.9. The minimum atomic E-state index is -3.37. The Labute approximate surface area is 132 Å². The molecule has 2 heterocycles. The molecule has 1 N–H and O–H groups in total. The van der Waals surface area contributed by atoms with Crippen LogP contribution in [0.25, 0.3) is 0 Å². The summed E-state index contributed by atoms with van der Waals surface area (Å²) < 4.78 is 28.0. The van der Waals surface area contributed by atoms with Crippen molar-refractivity contribution in [3.05, 3.63) is 17.0 Å². The molecule has 21 heavy (non-hydrogen) atoms. The maximum absolute atomic E-state index is 12.4. The second-order valence-electron chi connectivity index (χ2n) is 5.98. The standard InChI is InChI=1S/C15H26N2O2S2/c1-4-13-7-8-15(20-13)21(18,19)16-11-14(12(2)3)17-9-5-6-10-17/h7-8,12,14,16H,4-6,9-11H2,1-3H3. The van der Waals surface area contributed by atoms with Crippen LogP contribution in [0.4, 0.5) is 0 Å². The average Bonchev–Trinajstić information content (AvgIpc) is 3.09. The van der Waals surface area contributed by atoms with Crippen molar-refractivity contribution in [3.8, 4) is 0 Å². The van der Waals surface area contributed by atoms with Crippen molar-refractivity contribution >= 4 is 21.4 Å². The summed E-state index contributed by atoms with van der Waals surface area (Å²) in [4.78, 5) is 3.52. The summed E-state index contributed by atoms with van der Waals surface area (Å²) in [5.41, 5.74) is 0. The molecule has 4 nitrogen and oxygen atoms in total. The van der Waals surface area contributed by atoms with E-state index in [2.05, 4.69) is 23.5 Å². The fraction of sp³-hybridized carbons (Fsp3) is 0.733. The quantitative estimate of drug-likeness (QED) is 0.836. The Balaban J connectivity index is 2.01. The van der Waals surface area contributed by atoms with Crippen molar-refractivity contribution in [1.29, 1.82) is 0 Å². The molecule has 1 aliphatic rings. The van der Waals surface area contributed by atoms with Gasteiger partial charge in [0.1, 0.15) is 4.21 Å². The summed E-state index contributed by atoms with van der Waals surface area (Å²) in [7, 11) is -3.37. The monoisotopic (exact) mass is 330 g/mol. The van der Waals surface area contributed by atoms with Crippen LogP contribution in [0.1, 0.15) is 38.5 Å². The predicted molar refractivity (Wildman–Crippen MR) is 88.3 cm³/mol. The molecule has 0 saturated carbocycles. The number of hydrogen-bond acceptors (Lipinski definition) is 4. The van der Waals surface area contributed by atoms with Crippen LogP contribution < -0.4 is 4.72 Å². The number of nitrogens with one attached hydrogen (secondary N) is 1. The molecule has 1 fully saturated rings. The van der Waals surface area contributed by atoms with Gasteiger partial charge in [-0.3, -0.25) is 4.90 Å². The van der Waals surface area contributed by atoms with Crippen LogP contribution in [-0.2, 0) is 16.4 Å². The summed E-state index contributed by atoms with van der Waals surface area (Å²) in [5.74, 6) is 0.445. The summed E-state index contributed by atoms with van der Waals surface area (Å²) in [6, 6.07) is 3.90. The van der Waals surface area contributed by atoms with Gasteiger partial charge < -0.3 is 0 Å². The SMILES string of the molecule is CCc1ccc(S(=O)(=O)NCC(C(C)C)N2CCCC2)s1. The Hall–Kier alpha value is -0.430. The molecule has 0 amide bonds. The maximum Gasteiger partial charge on any atom is 0.250 e. The van der Waals surface area contributed by atoms with Gasteiger partial charge in [0.25, 0.3) is 0 Å². The van der Waals surface area contributed by atoms with Gasteiger partial charge in [-0.2, -0.15) is 0 Å². The van der Waals surface area contributed by atoms with Gasteiger partial charge in [0, 0.05) is 17.5 Å². The molecule has 1 aromatic heterocycles. The van der Waals surface area contributed by atoms with E-state index in [1.165, 1.54) is 24.2 Å². The lowest BCUT2D eigenvalue weighted by molar-refractivity contribution is 0.193. The number of aryl methyl sites for hydroxylation is 1.